The highest BCUT2D eigenvalue weighted by molar-refractivity contribution is 5.87. The summed E-state index contributed by atoms with van der Waals surface area (Å²) in [5, 5.41) is 10.4. The van der Waals surface area contributed by atoms with Crippen LogP contribution in [0, 0.1) is 23.2 Å². The first kappa shape index (κ1) is 21.1. The molecule has 0 unspecified atom stereocenters. The van der Waals surface area contributed by atoms with Gasteiger partial charge in [0.15, 0.2) is 0 Å². The van der Waals surface area contributed by atoms with Crippen molar-refractivity contribution in [3.05, 3.63) is 0 Å². The lowest BCUT2D eigenvalue weighted by atomic mass is 9.74. The zero-order valence-electron chi connectivity index (χ0n) is 16.1. The molecule has 1 rings (SSSR count). The van der Waals surface area contributed by atoms with Gasteiger partial charge in [-0.2, -0.15) is 0 Å². The van der Waals surface area contributed by atoms with Crippen molar-refractivity contribution in [2.45, 2.75) is 85.7 Å². The van der Waals surface area contributed by atoms with Gasteiger partial charge in [0, 0.05) is 5.92 Å². The van der Waals surface area contributed by atoms with Crippen LogP contribution in [0.1, 0.15) is 79.6 Å². The van der Waals surface area contributed by atoms with Crippen molar-refractivity contribution in [1.29, 1.82) is 0 Å². The Morgan fingerprint density at radius 3 is 2.21 bits per heavy atom. The van der Waals surface area contributed by atoms with E-state index in [0.717, 1.165) is 25.7 Å². The van der Waals surface area contributed by atoms with E-state index < -0.39 is 17.5 Å². The minimum atomic E-state index is -0.999. The quantitative estimate of drug-likeness (QED) is 0.673. The maximum atomic E-state index is 12.8. The van der Waals surface area contributed by atoms with Crippen molar-refractivity contribution in [2.75, 3.05) is 6.61 Å². The minimum absolute atomic E-state index is 0.0374. The lowest BCUT2D eigenvalue weighted by Crippen LogP contribution is -2.42. The second-order valence-electron chi connectivity index (χ2n) is 8.45. The summed E-state index contributed by atoms with van der Waals surface area (Å²) in [5.74, 6) is 0.569. The molecule has 0 aromatic carbocycles. The summed E-state index contributed by atoms with van der Waals surface area (Å²) >= 11 is 0. The summed E-state index contributed by atoms with van der Waals surface area (Å²) in [5.41, 5.74) is -0.928. The van der Waals surface area contributed by atoms with Crippen LogP contribution < -0.4 is 0 Å². The molecule has 1 aliphatic heterocycles. The highest BCUT2D eigenvalue weighted by Gasteiger charge is 2.39. The van der Waals surface area contributed by atoms with Gasteiger partial charge in [0.2, 0.25) is 0 Å². The number of carbonyl (C=O) groups excluding carboxylic acids is 2. The Labute approximate surface area is 147 Å². The summed E-state index contributed by atoms with van der Waals surface area (Å²) < 4.78 is 5.25. The maximum Gasteiger partial charge on any atom is 0.308 e. The Bertz CT molecular complexity index is 416. The van der Waals surface area contributed by atoms with E-state index >= 15 is 0 Å². The van der Waals surface area contributed by atoms with Crippen LogP contribution >= 0.6 is 0 Å². The predicted molar refractivity (Wildman–Crippen MR) is 95.6 cm³/mol. The molecule has 1 heterocycles. The number of Topliss-reactive ketones (excluding diaryl/α,β-unsaturated/α-hetero) is 1. The Kier molecular flexibility index (Phi) is 8.41. The van der Waals surface area contributed by atoms with Crippen LogP contribution in [0.15, 0.2) is 0 Å². The maximum absolute atomic E-state index is 12.8. The van der Waals surface area contributed by atoms with Crippen LogP contribution in [-0.4, -0.2) is 29.6 Å². The van der Waals surface area contributed by atoms with Gasteiger partial charge in [-0.1, -0.05) is 60.3 Å². The van der Waals surface area contributed by atoms with Crippen molar-refractivity contribution >= 4 is 11.8 Å². The van der Waals surface area contributed by atoms with Gasteiger partial charge in [-0.3, -0.25) is 9.59 Å². The third-order valence-electron chi connectivity index (χ3n) is 5.55. The Balaban J connectivity index is 2.80. The van der Waals surface area contributed by atoms with Crippen LogP contribution in [0.2, 0.25) is 0 Å². The molecule has 0 amide bonds. The molecule has 140 valence electrons. The number of esters is 1. The van der Waals surface area contributed by atoms with Crippen LogP contribution in [0.5, 0.6) is 0 Å². The number of carbonyl (C=O) groups is 2. The number of cyclic esters (lactones) is 1. The molecule has 0 saturated carbocycles. The summed E-state index contributed by atoms with van der Waals surface area (Å²) in [6.07, 6.45) is 5.24. The summed E-state index contributed by atoms with van der Waals surface area (Å²) in [6.45, 7) is 10.2. The molecule has 0 spiro atoms. The molecule has 1 saturated heterocycles. The van der Waals surface area contributed by atoms with E-state index in [2.05, 4.69) is 13.8 Å². The first-order valence-corrected chi connectivity index (χ1v) is 9.52. The Morgan fingerprint density at radius 2 is 1.58 bits per heavy atom. The van der Waals surface area contributed by atoms with Crippen molar-refractivity contribution in [2.24, 2.45) is 23.2 Å². The third-order valence-corrected chi connectivity index (χ3v) is 5.55. The standard InChI is InChI=1S/C20H36O4/c1-14-8-6-7-9-15(2)12-16(3)19(23)20(4,5)17(21)13-18(22)24-11-10-14/h14-17,21H,6-13H2,1-5H3/t14-,15-,16+,17-/m0/s1. The number of aliphatic hydroxyl groups excluding tert-OH is 1. The number of ether oxygens (including phenoxy) is 1. The fourth-order valence-electron chi connectivity index (χ4n) is 3.60. The Morgan fingerprint density at radius 1 is 1.00 bits per heavy atom. The largest absolute Gasteiger partial charge is 0.466 e. The zero-order valence-corrected chi connectivity index (χ0v) is 16.1. The van der Waals surface area contributed by atoms with Crippen molar-refractivity contribution < 1.29 is 19.4 Å². The SMILES string of the molecule is C[C@H]1CCCC[C@H](C)C[C@@H](C)C(=O)C(C)(C)[C@@H](O)CC(=O)OCC1. The fourth-order valence-corrected chi connectivity index (χ4v) is 3.60. The van der Waals surface area contributed by atoms with Gasteiger partial charge >= 0.3 is 5.97 Å². The van der Waals surface area contributed by atoms with Crippen molar-refractivity contribution in [1.82, 2.24) is 0 Å². The van der Waals surface area contributed by atoms with E-state index in [1.165, 1.54) is 12.8 Å². The second-order valence-corrected chi connectivity index (χ2v) is 8.45. The monoisotopic (exact) mass is 340 g/mol. The molecule has 0 aromatic rings. The van der Waals surface area contributed by atoms with Crippen LogP contribution in [-0.2, 0) is 14.3 Å². The van der Waals surface area contributed by atoms with Gasteiger partial charge in [0.1, 0.15) is 5.78 Å². The van der Waals surface area contributed by atoms with Gasteiger partial charge in [-0.25, -0.2) is 0 Å². The highest BCUT2D eigenvalue weighted by atomic mass is 16.5. The van der Waals surface area contributed by atoms with Crippen LogP contribution in [0.3, 0.4) is 0 Å². The van der Waals surface area contributed by atoms with E-state index in [4.69, 9.17) is 4.74 Å². The molecule has 0 bridgehead atoms. The molecular formula is C20H36O4. The number of hydrogen-bond donors (Lipinski definition) is 1. The highest BCUT2D eigenvalue weighted by Crippen LogP contribution is 2.31. The second kappa shape index (κ2) is 9.55. The molecule has 0 radical (unpaired) electrons. The smallest absolute Gasteiger partial charge is 0.308 e. The van der Waals surface area contributed by atoms with E-state index in [-0.39, 0.29) is 18.1 Å². The average molecular weight is 341 g/mol. The first-order chi connectivity index (χ1) is 11.1. The van der Waals surface area contributed by atoms with Gasteiger partial charge in [0.05, 0.1) is 24.5 Å². The zero-order chi connectivity index (χ0) is 18.3. The van der Waals surface area contributed by atoms with Crippen molar-refractivity contribution in [3.8, 4) is 0 Å². The number of hydrogen-bond acceptors (Lipinski definition) is 4. The molecule has 24 heavy (non-hydrogen) atoms. The van der Waals surface area contributed by atoms with Gasteiger partial charge in [-0.05, 0) is 24.7 Å². The molecule has 0 aliphatic carbocycles. The third kappa shape index (κ3) is 6.54. The molecule has 1 fully saturated rings. The molecule has 4 atom stereocenters. The van der Waals surface area contributed by atoms with Crippen LogP contribution in [0.25, 0.3) is 0 Å². The molecule has 1 N–H and O–H groups in total. The molecule has 4 nitrogen and oxygen atoms in total. The molecular weight excluding hydrogens is 304 g/mol. The average Bonchev–Trinajstić information content (AvgIpc) is 2.49. The predicted octanol–water partition coefficient (Wildman–Crippen LogP) is 4.14. The van der Waals surface area contributed by atoms with E-state index in [9.17, 15) is 14.7 Å². The molecule has 4 heteroatoms. The lowest BCUT2D eigenvalue weighted by molar-refractivity contribution is -0.150. The lowest BCUT2D eigenvalue weighted by Gasteiger charge is -2.32. The van der Waals surface area contributed by atoms with Crippen molar-refractivity contribution in [3.63, 3.8) is 0 Å². The van der Waals surface area contributed by atoms with Gasteiger partial charge in [-0.15, -0.1) is 0 Å². The number of aliphatic hydroxyl groups is 1. The Hall–Kier alpha value is -0.900. The van der Waals surface area contributed by atoms with E-state index in [1.54, 1.807) is 13.8 Å². The summed E-state index contributed by atoms with van der Waals surface area (Å²) in [6, 6.07) is 0. The first-order valence-electron chi connectivity index (χ1n) is 9.52. The topological polar surface area (TPSA) is 63.6 Å². The van der Waals surface area contributed by atoms with Gasteiger partial charge < -0.3 is 9.84 Å². The molecule has 0 aromatic heterocycles. The normalized spacial score (nSPS) is 34.6. The van der Waals surface area contributed by atoms with E-state index in [0.29, 0.717) is 18.4 Å². The summed E-state index contributed by atoms with van der Waals surface area (Å²) in [7, 11) is 0. The fraction of sp³-hybridized carbons (Fsp3) is 0.900. The molecule has 1 aliphatic rings. The number of rotatable bonds is 0. The summed E-state index contributed by atoms with van der Waals surface area (Å²) in [4.78, 5) is 24.7. The van der Waals surface area contributed by atoms with Gasteiger partial charge in [0.25, 0.3) is 0 Å². The van der Waals surface area contributed by atoms with Crippen LogP contribution in [0.4, 0.5) is 0 Å². The minimum Gasteiger partial charge on any atom is -0.466 e. The van der Waals surface area contributed by atoms with E-state index in [1.807, 2.05) is 6.92 Å². The number of ketones is 1.